The predicted molar refractivity (Wildman–Crippen MR) is 133 cm³/mol. The van der Waals surface area contributed by atoms with Crippen molar-refractivity contribution >= 4 is 34.3 Å². The van der Waals surface area contributed by atoms with Gasteiger partial charge < -0.3 is 14.8 Å². The van der Waals surface area contributed by atoms with Gasteiger partial charge in [0.25, 0.3) is 5.56 Å². The minimum absolute atomic E-state index is 0.165. The SMILES string of the molecule is Cc1cc(C)cc(-n2c(S[C@@H](C)C(=O)Nc3ccc4c(c3)OCO4)nc3ccccc3c2=O)c1. The number of amides is 1. The minimum atomic E-state index is -0.518. The van der Waals surface area contributed by atoms with Crippen molar-refractivity contribution in [1.29, 1.82) is 0 Å². The summed E-state index contributed by atoms with van der Waals surface area (Å²) in [6.45, 7) is 5.94. The van der Waals surface area contributed by atoms with E-state index in [4.69, 9.17) is 14.5 Å². The Morgan fingerprint density at radius 3 is 2.56 bits per heavy atom. The molecule has 1 amide bonds. The van der Waals surface area contributed by atoms with Crippen LogP contribution in [0.15, 0.2) is 70.6 Å². The van der Waals surface area contributed by atoms with Crippen molar-refractivity contribution in [1.82, 2.24) is 9.55 Å². The molecule has 0 saturated heterocycles. The average Bonchev–Trinajstić information content (AvgIpc) is 3.26. The Morgan fingerprint density at radius 1 is 1.03 bits per heavy atom. The number of thioether (sulfide) groups is 1. The van der Waals surface area contributed by atoms with E-state index < -0.39 is 5.25 Å². The van der Waals surface area contributed by atoms with Gasteiger partial charge in [-0.3, -0.25) is 14.2 Å². The lowest BCUT2D eigenvalue weighted by molar-refractivity contribution is -0.115. The summed E-state index contributed by atoms with van der Waals surface area (Å²) in [5, 5.41) is 3.38. The third kappa shape index (κ3) is 4.24. The maximum Gasteiger partial charge on any atom is 0.266 e. The fourth-order valence-corrected chi connectivity index (χ4v) is 4.86. The highest BCUT2D eigenvalue weighted by Crippen LogP contribution is 2.34. The number of carbonyl (C=O) groups is 1. The molecule has 7 nitrogen and oxygen atoms in total. The van der Waals surface area contributed by atoms with Crippen molar-refractivity contribution in [2.24, 2.45) is 0 Å². The van der Waals surface area contributed by atoms with E-state index in [0.717, 1.165) is 16.8 Å². The minimum Gasteiger partial charge on any atom is -0.454 e. The van der Waals surface area contributed by atoms with Crippen LogP contribution in [0.3, 0.4) is 0 Å². The molecule has 1 N–H and O–H groups in total. The van der Waals surface area contributed by atoms with Crippen LogP contribution in [-0.4, -0.2) is 27.5 Å². The molecule has 0 aliphatic carbocycles. The Bertz CT molecular complexity index is 1460. The molecular formula is C26H23N3O4S. The van der Waals surface area contributed by atoms with Gasteiger partial charge in [0, 0.05) is 11.8 Å². The second-order valence-corrected chi connectivity index (χ2v) is 9.52. The van der Waals surface area contributed by atoms with Gasteiger partial charge in [0.1, 0.15) is 0 Å². The predicted octanol–water partition coefficient (Wildman–Crippen LogP) is 4.85. The van der Waals surface area contributed by atoms with Gasteiger partial charge >= 0.3 is 0 Å². The molecule has 0 saturated carbocycles. The highest BCUT2D eigenvalue weighted by atomic mass is 32.2. The number of rotatable bonds is 5. The number of hydrogen-bond donors (Lipinski definition) is 1. The van der Waals surface area contributed by atoms with Crippen molar-refractivity contribution in [2.45, 2.75) is 31.2 Å². The van der Waals surface area contributed by atoms with Crippen LogP contribution in [0.4, 0.5) is 5.69 Å². The van der Waals surface area contributed by atoms with Crippen molar-refractivity contribution in [3.8, 4) is 17.2 Å². The number of ether oxygens (including phenoxy) is 2. The number of nitrogens with one attached hydrogen (secondary N) is 1. The van der Waals surface area contributed by atoms with Crippen molar-refractivity contribution < 1.29 is 14.3 Å². The van der Waals surface area contributed by atoms with Crippen LogP contribution in [-0.2, 0) is 4.79 Å². The van der Waals surface area contributed by atoms with Crippen LogP contribution < -0.4 is 20.3 Å². The Kier molecular flexibility index (Phi) is 5.75. The number of fused-ring (bicyclic) bond motifs is 2. The summed E-state index contributed by atoms with van der Waals surface area (Å²) in [5.41, 5.74) is 3.85. The smallest absolute Gasteiger partial charge is 0.266 e. The molecule has 5 rings (SSSR count). The Labute approximate surface area is 200 Å². The molecule has 2 heterocycles. The topological polar surface area (TPSA) is 82.5 Å². The lowest BCUT2D eigenvalue weighted by Gasteiger charge is -2.17. The molecule has 172 valence electrons. The second kappa shape index (κ2) is 8.87. The van der Waals surface area contributed by atoms with E-state index in [0.29, 0.717) is 33.2 Å². The van der Waals surface area contributed by atoms with Crippen molar-refractivity contribution in [3.05, 3.63) is 82.1 Å². The average molecular weight is 474 g/mol. The molecule has 1 aliphatic rings. The Balaban J connectivity index is 1.50. The molecule has 3 aromatic carbocycles. The zero-order valence-electron chi connectivity index (χ0n) is 19.0. The van der Waals surface area contributed by atoms with Crippen molar-refractivity contribution in [2.75, 3.05) is 12.1 Å². The second-order valence-electron chi connectivity index (χ2n) is 8.22. The number of hydrogen-bond acceptors (Lipinski definition) is 6. The molecular weight excluding hydrogens is 450 g/mol. The molecule has 0 unspecified atom stereocenters. The van der Waals surface area contributed by atoms with E-state index in [1.165, 1.54) is 11.8 Å². The van der Waals surface area contributed by atoms with E-state index in [1.54, 1.807) is 35.8 Å². The standard InChI is InChI=1S/C26H23N3O4S/c1-15-10-16(2)12-19(11-15)29-25(31)20-6-4-5-7-21(20)28-26(29)34-17(3)24(30)27-18-8-9-22-23(13-18)33-14-32-22/h4-13,17H,14H2,1-3H3,(H,27,30)/t17-/m0/s1. The van der Waals surface area contributed by atoms with Crippen molar-refractivity contribution in [3.63, 3.8) is 0 Å². The summed E-state index contributed by atoms with van der Waals surface area (Å²) >= 11 is 1.24. The number of para-hydroxylation sites is 1. The molecule has 4 aromatic rings. The van der Waals surface area contributed by atoms with Crippen LogP contribution in [0.25, 0.3) is 16.6 Å². The van der Waals surface area contributed by atoms with Gasteiger partial charge in [0.15, 0.2) is 16.7 Å². The quantitative estimate of drug-likeness (QED) is 0.330. The fraction of sp³-hybridized carbons (Fsp3) is 0.192. The maximum atomic E-state index is 13.5. The molecule has 0 spiro atoms. The van der Waals surface area contributed by atoms with Crippen LogP contribution in [0.5, 0.6) is 11.5 Å². The molecule has 0 fully saturated rings. The zero-order valence-corrected chi connectivity index (χ0v) is 19.8. The summed E-state index contributed by atoms with van der Waals surface area (Å²) in [7, 11) is 0. The summed E-state index contributed by atoms with van der Waals surface area (Å²) in [4.78, 5) is 31.3. The molecule has 1 aliphatic heterocycles. The summed E-state index contributed by atoms with van der Waals surface area (Å²) in [6.07, 6.45) is 0. The number of aryl methyl sites for hydroxylation is 2. The lowest BCUT2D eigenvalue weighted by atomic mass is 10.1. The molecule has 34 heavy (non-hydrogen) atoms. The first-order chi connectivity index (χ1) is 16.4. The third-order valence-corrected chi connectivity index (χ3v) is 6.55. The van der Waals surface area contributed by atoms with Crippen LogP contribution >= 0.6 is 11.8 Å². The summed E-state index contributed by atoms with van der Waals surface area (Å²) in [5.74, 6) is 1.04. The van der Waals surface area contributed by atoms with Gasteiger partial charge in [-0.15, -0.1) is 0 Å². The first kappa shape index (κ1) is 22.0. The van der Waals surface area contributed by atoms with E-state index in [2.05, 4.69) is 11.4 Å². The number of nitrogens with zero attached hydrogens (tertiary/aromatic N) is 2. The van der Waals surface area contributed by atoms with E-state index in [9.17, 15) is 9.59 Å². The number of anilines is 1. The first-order valence-electron chi connectivity index (χ1n) is 10.9. The largest absolute Gasteiger partial charge is 0.454 e. The molecule has 0 bridgehead atoms. The number of benzene rings is 3. The molecule has 8 heteroatoms. The van der Waals surface area contributed by atoms with E-state index in [-0.39, 0.29) is 18.3 Å². The lowest BCUT2D eigenvalue weighted by Crippen LogP contribution is -2.26. The molecule has 1 atom stereocenters. The highest BCUT2D eigenvalue weighted by molar-refractivity contribution is 8.00. The Morgan fingerprint density at radius 2 is 1.76 bits per heavy atom. The van der Waals surface area contributed by atoms with Gasteiger partial charge in [0.05, 0.1) is 21.8 Å². The number of aromatic nitrogens is 2. The van der Waals surface area contributed by atoms with E-state index in [1.807, 2.05) is 44.2 Å². The highest BCUT2D eigenvalue weighted by Gasteiger charge is 2.22. The summed E-state index contributed by atoms with van der Waals surface area (Å²) in [6, 6.07) is 18.5. The van der Waals surface area contributed by atoms with Crippen LogP contribution in [0, 0.1) is 13.8 Å². The van der Waals surface area contributed by atoms with Gasteiger partial charge in [-0.1, -0.05) is 30.0 Å². The van der Waals surface area contributed by atoms with Gasteiger partial charge in [-0.05, 0) is 68.3 Å². The monoisotopic (exact) mass is 473 g/mol. The molecule has 0 radical (unpaired) electrons. The maximum absolute atomic E-state index is 13.5. The van der Waals surface area contributed by atoms with E-state index >= 15 is 0 Å². The normalized spacial score (nSPS) is 13.1. The fourth-order valence-electron chi connectivity index (χ4n) is 3.93. The Hall–Kier alpha value is -3.78. The first-order valence-corrected chi connectivity index (χ1v) is 11.7. The van der Waals surface area contributed by atoms with Crippen LogP contribution in [0.2, 0.25) is 0 Å². The number of carbonyl (C=O) groups excluding carboxylic acids is 1. The third-order valence-electron chi connectivity index (χ3n) is 5.50. The van der Waals surface area contributed by atoms with Gasteiger partial charge in [-0.25, -0.2) is 4.98 Å². The molecule has 1 aromatic heterocycles. The van der Waals surface area contributed by atoms with Gasteiger partial charge in [0.2, 0.25) is 12.7 Å². The van der Waals surface area contributed by atoms with Crippen LogP contribution in [0.1, 0.15) is 18.1 Å². The van der Waals surface area contributed by atoms with Gasteiger partial charge in [-0.2, -0.15) is 0 Å². The summed E-state index contributed by atoms with van der Waals surface area (Å²) < 4.78 is 12.3. The zero-order chi connectivity index (χ0) is 23.8.